The van der Waals surface area contributed by atoms with Crippen molar-refractivity contribution in [2.24, 2.45) is 0 Å². The first kappa shape index (κ1) is 72.7. The summed E-state index contributed by atoms with van der Waals surface area (Å²) in [6, 6.07) is -1.58. The van der Waals surface area contributed by atoms with E-state index in [0.29, 0.717) is 6.42 Å². The Labute approximate surface area is 472 Å². The van der Waals surface area contributed by atoms with Crippen molar-refractivity contribution in [2.75, 3.05) is 13.2 Å². The van der Waals surface area contributed by atoms with Gasteiger partial charge in [0.1, 0.15) is 24.4 Å². The maximum atomic E-state index is 12.6. The van der Waals surface area contributed by atoms with E-state index in [2.05, 4.69) is 147 Å². The highest BCUT2D eigenvalue weighted by Crippen LogP contribution is 2.61. The van der Waals surface area contributed by atoms with Crippen molar-refractivity contribution in [1.82, 2.24) is 5.32 Å². The first-order valence-corrected chi connectivity index (χ1v) is 31.5. The molecule has 78 heavy (non-hydrogen) atoms. The molecule has 0 aromatic heterocycles. The third-order valence-electron chi connectivity index (χ3n) is 13.7. The van der Waals surface area contributed by atoms with Crippen molar-refractivity contribution < 1.29 is 57.1 Å². The maximum Gasteiger partial charge on any atom is 0.483 e. The lowest BCUT2D eigenvalue weighted by Crippen LogP contribution is -2.64. The summed E-state index contributed by atoms with van der Waals surface area (Å²) in [5.41, 5.74) is 15.3. The van der Waals surface area contributed by atoms with E-state index in [1.807, 2.05) is 6.92 Å². The molecule has 1 rings (SSSR count). The molecular formula is C63H105NO12P2. The van der Waals surface area contributed by atoms with Crippen LogP contribution in [0.3, 0.4) is 0 Å². The quantitative estimate of drug-likeness (QED) is 0.0252. The number of hydrogen-bond donors (Lipinski definition) is 6. The normalized spacial score (nSPS) is 21.6. The predicted molar refractivity (Wildman–Crippen MR) is 322 cm³/mol. The van der Waals surface area contributed by atoms with Crippen LogP contribution in [0.1, 0.15) is 218 Å². The molecule has 13 nitrogen and oxygen atoms in total. The molecule has 1 saturated heterocycles. The number of amides is 1. The number of rotatable bonds is 39. The molecule has 444 valence electrons. The fourth-order valence-electron chi connectivity index (χ4n) is 8.66. The van der Waals surface area contributed by atoms with Crippen molar-refractivity contribution in [3.05, 3.63) is 128 Å². The topological polar surface area (TPSA) is 201 Å². The average molecular weight is 1130 g/mol. The lowest BCUT2D eigenvalue weighted by Gasteiger charge is -2.42. The third-order valence-corrected chi connectivity index (χ3v) is 16.3. The van der Waals surface area contributed by atoms with Crippen LogP contribution in [0.4, 0.5) is 0 Å². The molecule has 1 aliphatic rings. The van der Waals surface area contributed by atoms with Crippen LogP contribution in [0.15, 0.2) is 128 Å². The summed E-state index contributed by atoms with van der Waals surface area (Å²) in [4.78, 5) is 31.9. The Kier molecular flexibility index (Phi) is 38.1. The van der Waals surface area contributed by atoms with Gasteiger partial charge in [-0.05, 0) is 212 Å². The molecule has 1 amide bonds. The largest absolute Gasteiger partial charge is 0.483 e. The molecule has 7 unspecified atom stereocenters. The van der Waals surface area contributed by atoms with Gasteiger partial charge in [0.2, 0.25) is 5.91 Å². The van der Waals surface area contributed by atoms with Crippen LogP contribution in [-0.2, 0) is 32.0 Å². The molecule has 1 fully saturated rings. The van der Waals surface area contributed by atoms with Crippen LogP contribution in [0.5, 0.6) is 0 Å². The molecule has 0 aliphatic carbocycles. The first-order chi connectivity index (χ1) is 36.7. The van der Waals surface area contributed by atoms with Gasteiger partial charge in [0, 0.05) is 6.92 Å². The summed E-state index contributed by atoms with van der Waals surface area (Å²) >= 11 is 0. The van der Waals surface area contributed by atoms with E-state index >= 15 is 0 Å². The molecule has 6 N–H and O–H groups in total. The van der Waals surface area contributed by atoms with Crippen LogP contribution < -0.4 is 5.32 Å². The number of aliphatic hydroxyl groups excluding tert-OH is 3. The third kappa shape index (κ3) is 36.9. The van der Waals surface area contributed by atoms with Crippen molar-refractivity contribution in [2.45, 2.75) is 249 Å². The van der Waals surface area contributed by atoms with Gasteiger partial charge in [-0.25, -0.2) is 9.13 Å². The average Bonchev–Trinajstić information content (AvgIpc) is 3.33. The highest BCUT2D eigenvalue weighted by atomic mass is 31.3. The Balaban J connectivity index is 2.33. The molecule has 7 atom stereocenters. The van der Waals surface area contributed by atoms with E-state index in [1.165, 1.54) is 62.2 Å². The number of aliphatic hydroxyl groups is 3. The van der Waals surface area contributed by atoms with Crippen molar-refractivity contribution in [3.8, 4) is 0 Å². The van der Waals surface area contributed by atoms with Gasteiger partial charge in [-0.3, -0.25) is 13.8 Å². The van der Waals surface area contributed by atoms with E-state index < -0.39 is 65.4 Å². The molecular weight excluding hydrogens is 1020 g/mol. The predicted octanol–water partition coefficient (Wildman–Crippen LogP) is 16.4. The summed E-state index contributed by atoms with van der Waals surface area (Å²) in [5.74, 6) is -0.707. The number of hydrogen-bond acceptors (Lipinski definition) is 10. The van der Waals surface area contributed by atoms with E-state index in [1.54, 1.807) is 6.08 Å². The Hall–Kier alpha value is -3.29. The van der Waals surface area contributed by atoms with Gasteiger partial charge in [-0.2, -0.15) is 4.31 Å². The minimum Gasteiger partial charge on any atom is -0.394 e. The Morgan fingerprint density at radius 3 is 1.00 bits per heavy atom. The molecule has 0 aromatic rings. The van der Waals surface area contributed by atoms with Crippen molar-refractivity contribution in [3.63, 3.8) is 0 Å². The maximum absolute atomic E-state index is 12.6. The number of carbonyl (C=O) groups excluding carboxylic acids is 1. The second-order valence-corrected chi connectivity index (χ2v) is 25.0. The van der Waals surface area contributed by atoms with Crippen LogP contribution >= 0.6 is 15.6 Å². The molecule has 0 aromatic carbocycles. The molecule has 0 radical (unpaired) electrons. The van der Waals surface area contributed by atoms with E-state index in [9.17, 15) is 39.0 Å². The van der Waals surface area contributed by atoms with Crippen LogP contribution in [-0.4, -0.2) is 74.9 Å². The molecule has 0 bridgehead atoms. The minimum atomic E-state index is -5.42. The summed E-state index contributed by atoms with van der Waals surface area (Å²) in [6.45, 7) is 26.2. The van der Waals surface area contributed by atoms with Gasteiger partial charge in [-0.15, -0.1) is 0 Å². The zero-order valence-corrected chi connectivity index (χ0v) is 52.1. The zero-order valence-electron chi connectivity index (χ0n) is 50.3. The smallest absolute Gasteiger partial charge is 0.394 e. The fourth-order valence-corrected chi connectivity index (χ4v) is 10.8. The Bertz CT molecular complexity index is 2260. The highest BCUT2D eigenvalue weighted by molar-refractivity contribution is 7.61. The van der Waals surface area contributed by atoms with Crippen LogP contribution in [0.25, 0.3) is 0 Å². The number of ether oxygens (including phenoxy) is 1. The number of allylic oxidation sites excluding steroid dienone is 21. The van der Waals surface area contributed by atoms with Gasteiger partial charge in [0.05, 0.1) is 13.2 Å². The summed E-state index contributed by atoms with van der Waals surface area (Å²) < 4.78 is 44.4. The number of nitrogens with one attached hydrogen (secondary N) is 1. The summed E-state index contributed by atoms with van der Waals surface area (Å²) in [6.07, 6.45) is 39.6. The second kappa shape index (κ2) is 40.8. The highest BCUT2D eigenvalue weighted by Gasteiger charge is 2.49. The van der Waals surface area contributed by atoms with Gasteiger partial charge in [0.15, 0.2) is 6.29 Å². The molecule has 0 spiro atoms. The van der Waals surface area contributed by atoms with E-state index in [-0.39, 0.29) is 0 Å². The van der Waals surface area contributed by atoms with Crippen molar-refractivity contribution in [1.29, 1.82) is 0 Å². The zero-order chi connectivity index (χ0) is 58.7. The van der Waals surface area contributed by atoms with Crippen LogP contribution in [0.2, 0.25) is 0 Å². The Morgan fingerprint density at radius 1 is 0.449 bits per heavy atom. The summed E-state index contributed by atoms with van der Waals surface area (Å²) in [7, 11) is -10.6. The van der Waals surface area contributed by atoms with Crippen molar-refractivity contribution >= 4 is 21.6 Å². The van der Waals surface area contributed by atoms with Gasteiger partial charge in [-0.1, -0.05) is 128 Å². The number of phosphoric acid groups is 2. The Morgan fingerprint density at radius 2 is 0.731 bits per heavy atom. The van der Waals surface area contributed by atoms with E-state index in [4.69, 9.17) is 13.8 Å². The molecule has 15 heteroatoms. The standard InChI is InChI=1S/C63H105NO12P2/c1-47(2)24-14-25-48(3)26-15-27-49(4)28-16-29-50(5)30-17-31-51(6)32-18-33-52(7)34-19-35-53(8)36-20-37-54(9)38-21-39-55(10)40-22-41-56(11)42-23-43-57(12)44-45-73-77(69,70)76-78(71,72)75-63-60(64-58(13)66)62(68)61(67)59(46-65)74-63/h24,26,28,30,32,34,36,38,40,42,44,59-63,65,67-68H,14-23,25,27,29,31,33,35,37,39,41,43,45-46H2,1-13H3,(H,64,66)(H,69,70)(H,71,72)/b48-26+,49-28+,50-30+,51-32-,52-34-,53-36-,54-38-,55-40-,56-42-,57-44-. The number of phosphoric ester groups is 2. The van der Waals surface area contributed by atoms with Gasteiger partial charge in [0.25, 0.3) is 0 Å². The SMILES string of the molecule is CC(=O)NC1C(OP(=O)(O)OP(=O)(O)OC/C=C(/C)CC/C=C(/C)CC/C=C(/C)CC/C=C(/C)CC/C=C(/C)CC/C=C(/C)CC/C=C(/C)CC/C=C(\C)CC/C=C(\C)CC/C=C(\C)CCC=C(C)C)OC(CO)C(O)C1O. The lowest BCUT2D eigenvalue weighted by atomic mass is 9.97. The van der Waals surface area contributed by atoms with Crippen LogP contribution in [0, 0.1) is 0 Å². The minimum absolute atomic E-state index is 0.407. The molecule has 1 heterocycles. The van der Waals surface area contributed by atoms with Gasteiger partial charge < -0.3 is 35.2 Å². The summed E-state index contributed by atoms with van der Waals surface area (Å²) in [5, 5.41) is 32.1. The second-order valence-electron chi connectivity index (χ2n) is 22.0. The molecule has 1 aliphatic heterocycles. The van der Waals surface area contributed by atoms with Gasteiger partial charge >= 0.3 is 15.6 Å². The number of carbonyl (C=O) groups is 1. The monoisotopic (exact) mass is 1130 g/mol. The lowest BCUT2D eigenvalue weighted by molar-refractivity contribution is -0.247. The van der Waals surface area contributed by atoms with E-state index in [0.717, 1.165) is 128 Å². The first-order valence-electron chi connectivity index (χ1n) is 28.5. The fraction of sp³-hybridized carbons (Fsp3) is 0.635. The molecule has 0 saturated carbocycles.